The smallest absolute Gasteiger partial charge is 0.152 e. The van der Waals surface area contributed by atoms with Crippen LogP contribution in [0.25, 0.3) is 0 Å². The summed E-state index contributed by atoms with van der Waals surface area (Å²) in [5.74, 6) is 1.79. The fraction of sp³-hybridized carbons (Fsp3) is 0.929. The molecule has 1 saturated heterocycles. The largest absolute Gasteiger partial charge is 0.307 e. The number of hydrogen-bond acceptors (Lipinski definition) is 2. The van der Waals surface area contributed by atoms with Crippen molar-refractivity contribution < 1.29 is 4.79 Å². The monoisotopic (exact) mass is 223 g/mol. The number of ketones is 1. The standard InChI is InChI=1S/C14H25NO/c1-2-11-6-8-12(9-7-11)14(16)13-5-3-4-10-15-13/h11-13,15H,2-10H2,1H3. The van der Waals surface area contributed by atoms with Crippen molar-refractivity contribution in [3.8, 4) is 0 Å². The van der Waals surface area contributed by atoms with Gasteiger partial charge in [-0.25, -0.2) is 0 Å². The van der Waals surface area contributed by atoms with Crippen LogP contribution in [0.3, 0.4) is 0 Å². The molecule has 2 nitrogen and oxygen atoms in total. The average molecular weight is 223 g/mol. The second-order valence-electron chi connectivity index (χ2n) is 5.53. The van der Waals surface area contributed by atoms with Crippen molar-refractivity contribution in [3.63, 3.8) is 0 Å². The fourth-order valence-electron chi connectivity index (χ4n) is 3.23. The zero-order valence-corrected chi connectivity index (χ0v) is 10.5. The highest BCUT2D eigenvalue weighted by Gasteiger charge is 2.30. The van der Waals surface area contributed by atoms with Crippen molar-refractivity contribution in [1.29, 1.82) is 0 Å². The Labute approximate surface area is 99.2 Å². The first-order valence-electron chi connectivity index (χ1n) is 7.08. The summed E-state index contributed by atoms with van der Waals surface area (Å²) in [5, 5.41) is 3.39. The van der Waals surface area contributed by atoms with Crippen LogP contribution in [0, 0.1) is 11.8 Å². The first-order valence-corrected chi connectivity index (χ1v) is 7.08. The summed E-state index contributed by atoms with van der Waals surface area (Å²) in [6.07, 6.45) is 9.69. The molecule has 1 saturated carbocycles. The van der Waals surface area contributed by atoms with Crippen molar-refractivity contribution in [2.45, 2.75) is 64.3 Å². The van der Waals surface area contributed by atoms with E-state index in [9.17, 15) is 4.79 Å². The second-order valence-corrected chi connectivity index (χ2v) is 5.53. The molecule has 92 valence electrons. The van der Waals surface area contributed by atoms with Crippen molar-refractivity contribution in [2.24, 2.45) is 11.8 Å². The van der Waals surface area contributed by atoms with Gasteiger partial charge in [0.25, 0.3) is 0 Å². The van der Waals surface area contributed by atoms with Gasteiger partial charge < -0.3 is 5.32 Å². The van der Waals surface area contributed by atoms with Crippen molar-refractivity contribution in [3.05, 3.63) is 0 Å². The fourth-order valence-corrected chi connectivity index (χ4v) is 3.23. The molecular weight excluding hydrogens is 198 g/mol. The zero-order chi connectivity index (χ0) is 11.4. The van der Waals surface area contributed by atoms with Gasteiger partial charge >= 0.3 is 0 Å². The Morgan fingerprint density at radius 3 is 2.44 bits per heavy atom. The maximum Gasteiger partial charge on any atom is 0.152 e. The molecule has 1 atom stereocenters. The van der Waals surface area contributed by atoms with Crippen molar-refractivity contribution >= 4 is 5.78 Å². The molecule has 0 spiro atoms. The molecule has 0 aromatic rings. The Morgan fingerprint density at radius 2 is 1.88 bits per heavy atom. The van der Waals surface area contributed by atoms with Crippen LogP contribution in [0.15, 0.2) is 0 Å². The van der Waals surface area contributed by atoms with Crippen LogP contribution in [-0.4, -0.2) is 18.4 Å². The number of Topliss-reactive ketones (excluding diaryl/α,β-unsaturated/α-hetero) is 1. The van der Waals surface area contributed by atoms with E-state index in [0.717, 1.165) is 31.7 Å². The molecule has 1 N–H and O–H groups in total. The third-order valence-electron chi connectivity index (χ3n) is 4.48. The first kappa shape index (κ1) is 12.1. The summed E-state index contributed by atoms with van der Waals surface area (Å²) in [6, 6.07) is 0.192. The lowest BCUT2D eigenvalue weighted by atomic mass is 9.77. The van der Waals surface area contributed by atoms with Gasteiger partial charge in [-0.05, 0) is 51.0 Å². The summed E-state index contributed by atoms with van der Waals surface area (Å²) in [6.45, 7) is 3.32. The SMILES string of the molecule is CCC1CCC(C(=O)C2CCCCN2)CC1. The normalized spacial score (nSPS) is 35.9. The molecule has 2 heteroatoms. The summed E-state index contributed by atoms with van der Waals surface area (Å²) in [5.41, 5.74) is 0. The summed E-state index contributed by atoms with van der Waals surface area (Å²) < 4.78 is 0. The highest BCUT2D eigenvalue weighted by atomic mass is 16.1. The Morgan fingerprint density at radius 1 is 1.12 bits per heavy atom. The Hall–Kier alpha value is -0.370. The predicted molar refractivity (Wildman–Crippen MR) is 66.4 cm³/mol. The predicted octanol–water partition coefficient (Wildman–Crippen LogP) is 2.91. The second kappa shape index (κ2) is 5.81. The minimum Gasteiger partial charge on any atom is -0.307 e. The lowest BCUT2D eigenvalue weighted by molar-refractivity contribution is -0.126. The molecule has 2 aliphatic rings. The van der Waals surface area contributed by atoms with Gasteiger partial charge in [0.1, 0.15) is 0 Å². The number of piperidine rings is 1. The number of hydrogen-bond donors (Lipinski definition) is 1. The Kier molecular flexibility index (Phi) is 4.39. The highest BCUT2D eigenvalue weighted by Crippen LogP contribution is 2.32. The molecule has 1 heterocycles. The minimum atomic E-state index is 0.192. The first-order chi connectivity index (χ1) is 7.81. The number of nitrogens with one attached hydrogen (secondary N) is 1. The van der Waals surface area contributed by atoms with Gasteiger partial charge in [-0.3, -0.25) is 4.79 Å². The molecule has 1 aliphatic heterocycles. The molecular formula is C14H25NO. The molecule has 2 fully saturated rings. The molecule has 0 aromatic carbocycles. The van der Waals surface area contributed by atoms with Gasteiger partial charge in [-0.15, -0.1) is 0 Å². The number of rotatable bonds is 3. The molecule has 2 rings (SSSR count). The van der Waals surface area contributed by atoms with Crippen LogP contribution in [0.4, 0.5) is 0 Å². The molecule has 0 radical (unpaired) electrons. The molecule has 1 aliphatic carbocycles. The van der Waals surface area contributed by atoms with Crippen molar-refractivity contribution in [2.75, 3.05) is 6.54 Å². The third kappa shape index (κ3) is 2.85. The van der Waals surface area contributed by atoms with Gasteiger partial charge in [0.15, 0.2) is 5.78 Å². The molecule has 1 unspecified atom stereocenters. The third-order valence-corrected chi connectivity index (χ3v) is 4.48. The maximum absolute atomic E-state index is 12.3. The van der Waals surface area contributed by atoms with Gasteiger partial charge in [-0.2, -0.15) is 0 Å². The quantitative estimate of drug-likeness (QED) is 0.797. The number of carbonyl (C=O) groups is 1. The van der Waals surface area contributed by atoms with E-state index in [-0.39, 0.29) is 6.04 Å². The van der Waals surface area contributed by atoms with Gasteiger partial charge in [0.05, 0.1) is 6.04 Å². The molecule has 16 heavy (non-hydrogen) atoms. The van der Waals surface area contributed by atoms with E-state index in [0.29, 0.717) is 11.7 Å². The number of carbonyl (C=O) groups excluding carboxylic acids is 1. The van der Waals surface area contributed by atoms with Crippen LogP contribution >= 0.6 is 0 Å². The van der Waals surface area contributed by atoms with E-state index in [1.54, 1.807) is 0 Å². The zero-order valence-electron chi connectivity index (χ0n) is 10.5. The van der Waals surface area contributed by atoms with Crippen LogP contribution in [0.2, 0.25) is 0 Å². The Balaban J connectivity index is 1.81. The molecule has 0 aromatic heterocycles. The average Bonchev–Trinajstić information content (AvgIpc) is 2.39. The molecule has 0 bridgehead atoms. The van der Waals surface area contributed by atoms with E-state index in [1.807, 2.05) is 0 Å². The highest BCUT2D eigenvalue weighted by molar-refractivity contribution is 5.86. The summed E-state index contributed by atoms with van der Waals surface area (Å²) in [7, 11) is 0. The topological polar surface area (TPSA) is 29.1 Å². The van der Waals surface area contributed by atoms with E-state index in [1.165, 1.54) is 32.1 Å². The molecule has 0 amide bonds. The lowest BCUT2D eigenvalue weighted by Crippen LogP contribution is -2.44. The Bertz CT molecular complexity index is 225. The summed E-state index contributed by atoms with van der Waals surface area (Å²) >= 11 is 0. The van der Waals surface area contributed by atoms with E-state index in [4.69, 9.17) is 0 Å². The van der Waals surface area contributed by atoms with Crippen LogP contribution in [0.5, 0.6) is 0 Å². The lowest BCUT2D eigenvalue weighted by Gasteiger charge is -2.31. The maximum atomic E-state index is 12.3. The van der Waals surface area contributed by atoms with E-state index in [2.05, 4.69) is 12.2 Å². The van der Waals surface area contributed by atoms with Crippen molar-refractivity contribution in [1.82, 2.24) is 5.32 Å². The van der Waals surface area contributed by atoms with Crippen LogP contribution < -0.4 is 5.32 Å². The summed E-state index contributed by atoms with van der Waals surface area (Å²) in [4.78, 5) is 12.3. The van der Waals surface area contributed by atoms with Gasteiger partial charge in [0.2, 0.25) is 0 Å². The van der Waals surface area contributed by atoms with Gasteiger partial charge in [-0.1, -0.05) is 19.8 Å². The van der Waals surface area contributed by atoms with E-state index >= 15 is 0 Å². The van der Waals surface area contributed by atoms with Crippen LogP contribution in [0.1, 0.15) is 58.3 Å². The van der Waals surface area contributed by atoms with Gasteiger partial charge in [0, 0.05) is 5.92 Å². The van der Waals surface area contributed by atoms with E-state index < -0.39 is 0 Å². The van der Waals surface area contributed by atoms with Crippen LogP contribution in [-0.2, 0) is 4.79 Å². The minimum absolute atomic E-state index is 0.192.